The summed E-state index contributed by atoms with van der Waals surface area (Å²) >= 11 is 0. The molecule has 0 aliphatic rings. The van der Waals surface area contributed by atoms with Gasteiger partial charge in [-0.2, -0.15) is 0 Å². The zero-order chi connectivity index (χ0) is 12.9. The van der Waals surface area contributed by atoms with Crippen LogP contribution >= 0.6 is 0 Å². The zero-order valence-corrected chi connectivity index (χ0v) is 11.0. The van der Waals surface area contributed by atoms with E-state index in [4.69, 9.17) is 0 Å². The summed E-state index contributed by atoms with van der Waals surface area (Å²) in [5.41, 5.74) is 0.723. The van der Waals surface area contributed by atoms with Gasteiger partial charge >= 0.3 is 0 Å². The molecule has 0 aliphatic heterocycles. The molecule has 1 atom stereocenters. The third-order valence-corrected chi connectivity index (χ3v) is 3.59. The molecule has 0 aliphatic carbocycles. The standard InChI is InChI=1S/C12H19NO3S/c1-3-8-13-9-12(14)10-4-6-11(7-5-10)17(2,15)16/h4-7,12-14H,3,8-9H2,1-2H3. The molecule has 0 heterocycles. The molecule has 0 fully saturated rings. The quantitative estimate of drug-likeness (QED) is 0.750. The molecule has 0 bridgehead atoms. The van der Waals surface area contributed by atoms with Crippen LogP contribution in [0.1, 0.15) is 25.0 Å². The van der Waals surface area contributed by atoms with Crippen molar-refractivity contribution in [2.45, 2.75) is 24.3 Å². The summed E-state index contributed by atoms with van der Waals surface area (Å²) in [5.74, 6) is 0. The second-order valence-corrected chi connectivity index (χ2v) is 6.08. The molecule has 1 aromatic carbocycles. The van der Waals surface area contributed by atoms with E-state index in [-0.39, 0.29) is 4.90 Å². The fourth-order valence-electron chi connectivity index (χ4n) is 1.47. The Morgan fingerprint density at radius 2 is 1.88 bits per heavy atom. The van der Waals surface area contributed by atoms with Gasteiger partial charge in [-0.15, -0.1) is 0 Å². The van der Waals surface area contributed by atoms with Crippen LogP contribution in [0.2, 0.25) is 0 Å². The lowest BCUT2D eigenvalue weighted by Crippen LogP contribution is -2.22. The Balaban J connectivity index is 2.67. The zero-order valence-electron chi connectivity index (χ0n) is 10.2. The molecule has 0 spiro atoms. The smallest absolute Gasteiger partial charge is 0.175 e. The third-order valence-electron chi connectivity index (χ3n) is 2.46. The van der Waals surface area contributed by atoms with E-state index in [0.717, 1.165) is 18.5 Å². The first-order valence-corrected chi connectivity index (χ1v) is 7.53. The minimum absolute atomic E-state index is 0.273. The van der Waals surface area contributed by atoms with Gasteiger partial charge in [0.1, 0.15) is 0 Å². The van der Waals surface area contributed by atoms with Crippen molar-refractivity contribution in [1.82, 2.24) is 5.32 Å². The molecule has 17 heavy (non-hydrogen) atoms. The van der Waals surface area contributed by atoms with Crippen LogP contribution in [0.15, 0.2) is 29.2 Å². The molecule has 2 N–H and O–H groups in total. The van der Waals surface area contributed by atoms with Crippen molar-refractivity contribution in [2.75, 3.05) is 19.3 Å². The maximum atomic E-state index is 11.3. The molecule has 5 heteroatoms. The summed E-state index contributed by atoms with van der Waals surface area (Å²) < 4.78 is 22.5. The molecule has 0 radical (unpaired) electrons. The van der Waals surface area contributed by atoms with E-state index in [0.29, 0.717) is 6.54 Å². The lowest BCUT2D eigenvalue weighted by molar-refractivity contribution is 0.175. The van der Waals surface area contributed by atoms with Crippen LogP contribution < -0.4 is 5.32 Å². The van der Waals surface area contributed by atoms with Crippen molar-refractivity contribution < 1.29 is 13.5 Å². The molecule has 4 nitrogen and oxygen atoms in total. The summed E-state index contributed by atoms with van der Waals surface area (Å²) in [4.78, 5) is 0.273. The number of nitrogens with one attached hydrogen (secondary N) is 1. The van der Waals surface area contributed by atoms with Crippen LogP contribution in [0.3, 0.4) is 0 Å². The predicted molar refractivity (Wildman–Crippen MR) is 67.7 cm³/mol. The summed E-state index contributed by atoms with van der Waals surface area (Å²) in [7, 11) is -3.16. The Bertz CT molecular complexity index is 439. The molecule has 1 rings (SSSR count). The highest BCUT2D eigenvalue weighted by atomic mass is 32.2. The Hall–Kier alpha value is -0.910. The molecule has 0 saturated carbocycles. The van der Waals surface area contributed by atoms with Crippen molar-refractivity contribution in [1.29, 1.82) is 0 Å². The van der Waals surface area contributed by atoms with E-state index in [1.807, 2.05) is 0 Å². The SMILES string of the molecule is CCCNCC(O)c1ccc(S(C)(=O)=O)cc1. The topological polar surface area (TPSA) is 66.4 Å². The van der Waals surface area contributed by atoms with Gasteiger partial charge in [-0.25, -0.2) is 8.42 Å². The van der Waals surface area contributed by atoms with Gasteiger partial charge in [0.05, 0.1) is 11.0 Å². The fraction of sp³-hybridized carbons (Fsp3) is 0.500. The molecular weight excluding hydrogens is 238 g/mol. The first-order chi connectivity index (χ1) is 7.95. The van der Waals surface area contributed by atoms with Crippen molar-refractivity contribution in [3.8, 4) is 0 Å². The lowest BCUT2D eigenvalue weighted by atomic mass is 10.1. The normalized spacial score (nSPS) is 13.6. The van der Waals surface area contributed by atoms with Gasteiger partial charge in [0.2, 0.25) is 0 Å². The van der Waals surface area contributed by atoms with E-state index in [2.05, 4.69) is 12.2 Å². The summed E-state index contributed by atoms with van der Waals surface area (Å²) in [5, 5.41) is 12.9. The van der Waals surface area contributed by atoms with Crippen LogP contribution in [-0.4, -0.2) is 32.9 Å². The van der Waals surface area contributed by atoms with E-state index < -0.39 is 15.9 Å². The maximum absolute atomic E-state index is 11.3. The summed E-state index contributed by atoms with van der Waals surface area (Å²) in [6, 6.07) is 6.34. The number of hydrogen-bond acceptors (Lipinski definition) is 4. The van der Waals surface area contributed by atoms with Crippen molar-refractivity contribution in [2.24, 2.45) is 0 Å². The Morgan fingerprint density at radius 1 is 1.29 bits per heavy atom. The largest absolute Gasteiger partial charge is 0.387 e. The number of sulfone groups is 1. The fourth-order valence-corrected chi connectivity index (χ4v) is 2.10. The Morgan fingerprint density at radius 3 is 2.35 bits per heavy atom. The molecule has 1 aromatic rings. The predicted octanol–water partition coefficient (Wildman–Crippen LogP) is 1.12. The Labute approximate surface area is 103 Å². The molecule has 96 valence electrons. The molecular formula is C12H19NO3S. The highest BCUT2D eigenvalue weighted by molar-refractivity contribution is 7.90. The third kappa shape index (κ3) is 4.46. The highest BCUT2D eigenvalue weighted by Gasteiger charge is 2.10. The number of aliphatic hydroxyl groups is 1. The van der Waals surface area contributed by atoms with Crippen LogP contribution in [-0.2, 0) is 9.84 Å². The first-order valence-electron chi connectivity index (χ1n) is 5.64. The van der Waals surface area contributed by atoms with Gasteiger partial charge in [-0.05, 0) is 30.7 Å². The van der Waals surface area contributed by atoms with Crippen molar-refractivity contribution in [3.05, 3.63) is 29.8 Å². The van der Waals surface area contributed by atoms with E-state index in [1.165, 1.54) is 18.4 Å². The molecule has 0 amide bonds. The van der Waals surface area contributed by atoms with Gasteiger partial charge in [0.25, 0.3) is 0 Å². The average Bonchev–Trinajstić information content (AvgIpc) is 2.28. The van der Waals surface area contributed by atoms with E-state index in [1.54, 1.807) is 12.1 Å². The number of hydrogen-bond donors (Lipinski definition) is 2. The van der Waals surface area contributed by atoms with Gasteiger partial charge in [-0.3, -0.25) is 0 Å². The van der Waals surface area contributed by atoms with E-state index >= 15 is 0 Å². The van der Waals surface area contributed by atoms with Gasteiger partial charge in [0, 0.05) is 12.8 Å². The Kier molecular flexibility index (Phi) is 5.11. The van der Waals surface area contributed by atoms with Gasteiger partial charge < -0.3 is 10.4 Å². The van der Waals surface area contributed by atoms with Gasteiger partial charge in [0.15, 0.2) is 9.84 Å². The van der Waals surface area contributed by atoms with Crippen molar-refractivity contribution >= 4 is 9.84 Å². The van der Waals surface area contributed by atoms with Crippen LogP contribution in [0.25, 0.3) is 0 Å². The number of benzene rings is 1. The highest BCUT2D eigenvalue weighted by Crippen LogP contribution is 2.15. The number of aliphatic hydroxyl groups excluding tert-OH is 1. The lowest BCUT2D eigenvalue weighted by Gasteiger charge is -2.12. The van der Waals surface area contributed by atoms with Gasteiger partial charge in [-0.1, -0.05) is 19.1 Å². The first kappa shape index (κ1) is 14.2. The van der Waals surface area contributed by atoms with Crippen molar-refractivity contribution in [3.63, 3.8) is 0 Å². The van der Waals surface area contributed by atoms with Crippen LogP contribution in [0.4, 0.5) is 0 Å². The summed E-state index contributed by atoms with van der Waals surface area (Å²) in [6.07, 6.45) is 1.58. The second kappa shape index (κ2) is 6.14. The van der Waals surface area contributed by atoms with Crippen LogP contribution in [0.5, 0.6) is 0 Å². The molecule has 1 unspecified atom stereocenters. The second-order valence-electron chi connectivity index (χ2n) is 4.06. The molecule has 0 aromatic heterocycles. The van der Waals surface area contributed by atoms with E-state index in [9.17, 15) is 13.5 Å². The number of rotatable bonds is 6. The summed E-state index contributed by atoms with van der Waals surface area (Å²) in [6.45, 7) is 3.39. The molecule has 0 saturated heterocycles. The van der Waals surface area contributed by atoms with Crippen LogP contribution in [0, 0.1) is 0 Å². The minimum Gasteiger partial charge on any atom is -0.387 e. The average molecular weight is 257 g/mol. The minimum atomic E-state index is -3.16. The maximum Gasteiger partial charge on any atom is 0.175 e. The monoisotopic (exact) mass is 257 g/mol.